The van der Waals surface area contributed by atoms with Crippen LogP contribution in [0, 0.1) is 0 Å². The summed E-state index contributed by atoms with van der Waals surface area (Å²) in [6, 6.07) is 7.30. The third-order valence-corrected chi connectivity index (χ3v) is 2.22. The van der Waals surface area contributed by atoms with Crippen molar-refractivity contribution in [3.8, 4) is 5.75 Å². The first kappa shape index (κ1) is 14.5. The van der Waals surface area contributed by atoms with Crippen LogP contribution in [-0.4, -0.2) is 39.3 Å². The van der Waals surface area contributed by atoms with Crippen molar-refractivity contribution in [2.75, 3.05) is 38.7 Å². The summed E-state index contributed by atoms with van der Waals surface area (Å²) in [6.45, 7) is 4.09. The zero-order chi connectivity index (χ0) is 13.2. The summed E-state index contributed by atoms with van der Waals surface area (Å²) in [7, 11) is 1.63. The lowest BCUT2D eigenvalue weighted by Gasteiger charge is -2.07. The van der Waals surface area contributed by atoms with Crippen LogP contribution in [0.3, 0.4) is 0 Å². The van der Waals surface area contributed by atoms with Crippen LogP contribution in [0.25, 0.3) is 0 Å². The van der Waals surface area contributed by atoms with Crippen LogP contribution in [0.1, 0.15) is 6.92 Å². The Morgan fingerprint density at radius 2 is 2.00 bits per heavy atom. The normalized spacial score (nSPS) is 10.1. The van der Waals surface area contributed by atoms with Gasteiger partial charge in [0.15, 0.2) is 0 Å². The predicted octanol–water partition coefficient (Wildman–Crippen LogP) is 1.26. The van der Waals surface area contributed by atoms with Crippen molar-refractivity contribution >= 4 is 11.6 Å². The molecule has 5 nitrogen and oxygen atoms in total. The minimum Gasteiger partial charge on any atom is -0.494 e. The molecule has 1 aromatic rings. The van der Waals surface area contributed by atoms with Gasteiger partial charge in [0, 0.05) is 19.3 Å². The molecule has 0 spiro atoms. The van der Waals surface area contributed by atoms with Gasteiger partial charge in [-0.15, -0.1) is 0 Å². The Kier molecular flexibility index (Phi) is 6.83. The molecule has 1 aromatic carbocycles. The maximum Gasteiger partial charge on any atom is 0.238 e. The Labute approximate surface area is 107 Å². The first-order valence-electron chi connectivity index (χ1n) is 5.98. The number of carbonyl (C=O) groups is 1. The standard InChI is InChI=1S/C13H20N2O3/c1-3-18-12-6-4-11(5-7-12)15-13(16)10-14-8-9-17-2/h4-7,14H,3,8-10H2,1-2H3,(H,15,16). The van der Waals surface area contributed by atoms with Crippen molar-refractivity contribution in [2.45, 2.75) is 6.92 Å². The monoisotopic (exact) mass is 252 g/mol. The lowest BCUT2D eigenvalue weighted by molar-refractivity contribution is -0.115. The van der Waals surface area contributed by atoms with Crippen molar-refractivity contribution < 1.29 is 14.3 Å². The van der Waals surface area contributed by atoms with E-state index in [1.807, 2.05) is 31.2 Å². The summed E-state index contributed by atoms with van der Waals surface area (Å²) in [6.07, 6.45) is 0. The molecule has 2 N–H and O–H groups in total. The SMILES string of the molecule is CCOc1ccc(NC(=O)CNCCOC)cc1. The summed E-state index contributed by atoms with van der Waals surface area (Å²) in [4.78, 5) is 11.5. The molecule has 0 fully saturated rings. The van der Waals surface area contributed by atoms with Crippen LogP contribution < -0.4 is 15.4 Å². The molecule has 0 aromatic heterocycles. The molecule has 0 aliphatic rings. The largest absolute Gasteiger partial charge is 0.494 e. The van der Waals surface area contributed by atoms with Crippen LogP contribution in [-0.2, 0) is 9.53 Å². The second-order valence-electron chi connectivity index (χ2n) is 3.68. The predicted molar refractivity (Wildman–Crippen MR) is 71.0 cm³/mol. The van der Waals surface area contributed by atoms with Gasteiger partial charge in [-0.2, -0.15) is 0 Å². The van der Waals surface area contributed by atoms with Gasteiger partial charge in [-0.1, -0.05) is 0 Å². The highest BCUT2D eigenvalue weighted by molar-refractivity contribution is 5.92. The number of hydrogen-bond donors (Lipinski definition) is 2. The van der Waals surface area contributed by atoms with Crippen molar-refractivity contribution in [1.82, 2.24) is 5.32 Å². The third kappa shape index (κ3) is 5.65. The number of hydrogen-bond acceptors (Lipinski definition) is 4. The minimum atomic E-state index is -0.0738. The molecule has 0 saturated carbocycles. The number of rotatable bonds is 8. The van der Waals surface area contributed by atoms with E-state index in [9.17, 15) is 4.79 Å². The first-order valence-corrected chi connectivity index (χ1v) is 5.98. The van der Waals surface area contributed by atoms with Crippen LogP contribution in [0.4, 0.5) is 5.69 Å². The van der Waals surface area contributed by atoms with E-state index < -0.39 is 0 Å². The quantitative estimate of drug-likeness (QED) is 0.684. The highest BCUT2D eigenvalue weighted by Crippen LogP contribution is 2.15. The molecule has 100 valence electrons. The summed E-state index contributed by atoms with van der Waals surface area (Å²) in [5, 5.41) is 5.77. The number of amides is 1. The number of methoxy groups -OCH3 is 1. The number of ether oxygens (including phenoxy) is 2. The summed E-state index contributed by atoms with van der Waals surface area (Å²) in [5.74, 6) is 0.726. The van der Waals surface area contributed by atoms with Gasteiger partial charge in [0.2, 0.25) is 5.91 Å². The van der Waals surface area contributed by atoms with E-state index in [4.69, 9.17) is 9.47 Å². The molecule has 0 aliphatic carbocycles. The van der Waals surface area contributed by atoms with Gasteiger partial charge in [0.1, 0.15) is 5.75 Å². The van der Waals surface area contributed by atoms with E-state index in [-0.39, 0.29) is 12.5 Å². The number of carbonyl (C=O) groups excluding carboxylic acids is 1. The second kappa shape index (κ2) is 8.49. The maximum absolute atomic E-state index is 11.5. The molecule has 0 bridgehead atoms. The van der Waals surface area contributed by atoms with Gasteiger partial charge in [-0.25, -0.2) is 0 Å². The molecular weight excluding hydrogens is 232 g/mol. The molecule has 0 heterocycles. The molecule has 1 rings (SSSR count). The van der Waals surface area contributed by atoms with Gasteiger partial charge in [0.25, 0.3) is 0 Å². The lowest BCUT2D eigenvalue weighted by atomic mass is 10.3. The van der Waals surface area contributed by atoms with Crippen LogP contribution in [0.15, 0.2) is 24.3 Å². The zero-order valence-electron chi connectivity index (χ0n) is 10.9. The van der Waals surface area contributed by atoms with Gasteiger partial charge < -0.3 is 20.1 Å². The molecule has 18 heavy (non-hydrogen) atoms. The van der Waals surface area contributed by atoms with E-state index in [0.717, 1.165) is 11.4 Å². The smallest absolute Gasteiger partial charge is 0.238 e. The number of benzene rings is 1. The second-order valence-corrected chi connectivity index (χ2v) is 3.68. The Hall–Kier alpha value is -1.59. The fraction of sp³-hybridized carbons (Fsp3) is 0.462. The average Bonchev–Trinajstić information content (AvgIpc) is 2.37. The molecule has 0 radical (unpaired) electrons. The molecule has 5 heteroatoms. The van der Waals surface area contributed by atoms with Crippen molar-refractivity contribution in [3.63, 3.8) is 0 Å². The minimum absolute atomic E-state index is 0.0738. The van der Waals surface area contributed by atoms with Gasteiger partial charge in [0.05, 0.1) is 19.8 Å². The molecule has 1 amide bonds. The number of nitrogens with one attached hydrogen (secondary N) is 2. The fourth-order valence-electron chi connectivity index (χ4n) is 1.38. The van der Waals surface area contributed by atoms with E-state index in [2.05, 4.69) is 10.6 Å². The Morgan fingerprint density at radius 3 is 2.61 bits per heavy atom. The zero-order valence-corrected chi connectivity index (χ0v) is 10.9. The highest BCUT2D eigenvalue weighted by Gasteiger charge is 2.01. The van der Waals surface area contributed by atoms with Crippen molar-refractivity contribution in [3.05, 3.63) is 24.3 Å². The van der Waals surface area contributed by atoms with Crippen molar-refractivity contribution in [2.24, 2.45) is 0 Å². The Morgan fingerprint density at radius 1 is 1.28 bits per heavy atom. The molecule has 0 saturated heterocycles. The van der Waals surface area contributed by atoms with E-state index >= 15 is 0 Å². The third-order valence-electron chi connectivity index (χ3n) is 2.22. The summed E-state index contributed by atoms with van der Waals surface area (Å²) < 4.78 is 10.2. The maximum atomic E-state index is 11.5. The van der Waals surface area contributed by atoms with Gasteiger partial charge in [-0.05, 0) is 31.2 Å². The van der Waals surface area contributed by atoms with E-state index in [1.54, 1.807) is 7.11 Å². The Bertz CT molecular complexity index is 352. The fourth-order valence-corrected chi connectivity index (χ4v) is 1.38. The Balaban J connectivity index is 2.30. The van der Waals surface area contributed by atoms with Crippen LogP contribution in [0.2, 0.25) is 0 Å². The van der Waals surface area contributed by atoms with Crippen molar-refractivity contribution in [1.29, 1.82) is 0 Å². The molecular formula is C13H20N2O3. The van der Waals surface area contributed by atoms with E-state index in [1.165, 1.54) is 0 Å². The van der Waals surface area contributed by atoms with Gasteiger partial charge in [-0.3, -0.25) is 4.79 Å². The van der Waals surface area contributed by atoms with Crippen LogP contribution in [0.5, 0.6) is 5.75 Å². The average molecular weight is 252 g/mol. The number of anilines is 1. The topological polar surface area (TPSA) is 59.6 Å². The molecule has 0 atom stereocenters. The highest BCUT2D eigenvalue weighted by atomic mass is 16.5. The molecule has 0 aliphatic heterocycles. The van der Waals surface area contributed by atoms with E-state index in [0.29, 0.717) is 19.8 Å². The summed E-state index contributed by atoms with van der Waals surface area (Å²) in [5.41, 5.74) is 0.761. The first-order chi connectivity index (χ1) is 8.76. The summed E-state index contributed by atoms with van der Waals surface area (Å²) >= 11 is 0. The van der Waals surface area contributed by atoms with Gasteiger partial charge >= 0.3 is 0 Å². The van der Waals surface area contributed by atoms with Crippen LogP contribution >= 0.6 is 0 Å². The molecule has 0 unspecified atom stereocenters. The lowest BCUT2D eigenvalue weighted by Crippen LogP contribution is -2.30.